The standard InChI is InChI=1S/C23H26N2O9/c1-11-7-5-6-8-14(11)18-16(12(2)24-13(3)17(18)22(27)31-4)20(26)23(28)10-33-19-15(34-25(29)30)9-32-21(19)23/h5-8,15,18-19,21,24,28H,9-10H2,1-4H3/t15-,18?,19+,21-,23-/m0/s1. The first kappa shape index (κ1) is 23.9. The average molecular weight is 474 g/mol. The van der Waals surface area contributed by atoms with Gasteiger partial charge in [0.15, 0.2) is 17.5 Å². The number of esters is 1. The molecule has 1 unspecified atom stereocenters. The van der Waals surface area contributed by atoms with E-state index in [9.17, 15) is 24.8 Å². The maximum Gasteiger partial charge on any atom is 0.336 e. The number of carbonyl (C=O) groups is 2. The largest absolute Gasteiger partial charge is 0.466 e. The van der Waals surface area contributed by atoms with E-state index < -0.39 is 53.3 Å². The number of aliphatic hydroxyl groups is 1. The summed E-state index contributed by atoms with van der Waals surface area (Å²) in [6.45, 7) is 4.61. The highest BCUT2D eigenvalue weighted by Gasteiger charge is 2.62. The molecule has 11 nitrogen and oxygen atoms in total. The molecule has 0 bridgehead atoms. The van der Waals surface area contributed by atoms with Crippen LogP contribution in [0.15, 0.2) is 46.8 Å². The summed E-state index contributed by atoms with van der Waals surface area (Å²) in [5.41, 5.74) is 0.791. The molecule has 0 amide bonds. The third-order valence-electron chi connectivity index (χ3n) is 6.60. The number of aryl methyl sites for hydroxylation is 1. The van der Waals surface area contributed by atoms with Crippen molar-refractivity contribution in [3.63, 3.8) is 0 Å². The summed E-state index contributed by atoms with van der Waals surface area (Å²) in [6, 6.07) is 7.32. The van der Waals surface area contributed by atoms with Crippen LogP contribution in [-0.4, -0.2) is 66.2 Å². The number of methoxy groups -OCH3 is 1. The van der Waals surface area contributed by atoms with Gasteiger partial charge in [-0.15, -0.1) is 10.1 Å². The van der Waals surface area contributed by atoms with Crippen molar-refractivity contribution in [2.75, 3.05) is 20.3 Å². The number of ether oxygens (including phenoxy) is 3. The molecule has 2 saturated heterocycles. The summed E-state index contributed by atoms with van der Waals surface area (Å²) in [5.74, 6) is -2.13. The molecule has 4 rings (SSSR count). The van der Waals surface area contributed by atoms with Crippen molar-refractivity contribution in [1.29, 1.82) is 0 Å². The molecular formula is C23H26N2O9. The van der Waals surface area contributed by atoms with Gasteiger partial charge in [-0.2, -0.15) is 0 Å². The van der Waals surface area contributed by atoms with Crippen molar-refractivity contribution in [1.82, 2.24) is 5.32 Å². The SMILES string of the molecule is COC(=O)C1=C(C)NC(C)=C(C(=O)[C@@]2(O)CO[C@@H]3[C@@H](O[N+](=O)[O-])CO[C@@H]32)C1c1ccccc1C. The summed E-state index contributed by atoms with van der Waals surface area (Å²) < 4.78 is 16.1. The summed E-state index contributed by atoms with van der Waals surface area (Å²) in [6.07, 6.45) is -3.23. The van der Waals surface area contributed by atoms with Crippen LogP contribution in [0.5, 0.6) is 0 Å². The Bertz CT molecular complexity index is 1110. The molecular weight excluding hydrogens is 448 g/mol. The number of nitrogens with zero attached hydrogens (tertiary/aromatic N) is 1. The van der Waals surface area contributed by atoms with Gasteiger partial charge in [-0.1, -0.05) is 24.3 Å². The number of nitrogens with one attached hydrogen (secondary N) is 1. The second kappa shape index (κ2) is 8.82. The number of ketones is 1. The molecule has 0 radical (unpaired) electrons. The first-order valence-corrected chi connectivity index (χ1v) is 10.7. The molecule has 11 heteroatoms. The maximum absolute atomic E-state index is 14.0. The summed E-state index contributed by atoms with van der Waals surface area (Å²) in [7, 11) is 1.26. The van der Waals surface area contributed by atoms with Crippen LogP contribution in [0.4, 0.5) is 0 Å². The number of allylic oxidation sites excluding steroid dienone is 2. The number of hydrogen-bond donors (Lipinski definition) is 2. The molecule has 2 fully saturated rings. The fourth-order valence-corrected chi connectivity index (χ4v) is 5.02. The number of fused-ring (bicyclic) bond motifs is 1. The number of rotatable bonds is 6. The zero-order valence-corrected chi connectivity index (χ0v) is 19.2. The first-order chi connectivity index (χ1) is 16.1. The Hall–Kier alpha value is -3.28. The van der Waals surface area contributed by atoms with E-state index in [-0.39, 0.29) is 17.8 Å². The number of Topliss-reactive ketones (excluding diaryl/α,β-unsaturated/α-hetero) is 1. The van der Waals surface area contributed by atoms with E-state index in [2.05, 4.69) is 10.2 Å². The maximum atomic E-state index is 14.0. The quantitative estimate of drug-likeness (QED) is 0.349. The zero-order valence-electron chi connectivity index (χ0n) is 19.2. The molecule has 3 aliphatic heterocycles. The number of dihydropyridines is 1. The van der Waals surface area contributed by atoms with Crippen LogP contribution in [-0.2, 0) is 28.6 Å². The third kappa shape index (κ3) is 3.75. The van der Waals surface area contributed by atoms with E-state index >= 15 is 0 Å². The fraction of sp³-hybridized carbons (Fsp3) is 0.478. The van der Waals surface area contributed by atoms with Crippen LogP contribution < -0.4 is 5.32 Å². The minimum atomic E-state index is -2.13. The summed E-state index contributed by atoms with van der Waals surface area (Å²) in [4.78, 5) is 42.2. The Morgan fingerprint density at radius 2 is 1.85 bits per heavy atom. The van der Waals surface area contributed by atoms with Crippen LogP contribution in [0.1, 0.15) is 30.9 Å². The highest BCUT2D eigenvalue weighted by Crippen LogP contribution is 2.45. The second-order valence-corrected chi connectivity index (χ2v) is 8.63. The van der Waals surface area contributed by atoms with E-state index in [1.165, 1.54) is 7.11 Å². The van der Waals surface area contributed by atoms with Gasteiger partial charge in [0.1, 0.15) is 12.2 Å². The van der Waals surface area contributed by atoms with Crippen LogP contribution in [0.2, 0.25) is 0 Å². The van der Waals surface area contributed by atoms with Gasteiger partial charge < -0.3 is 29.5 Å². The van der Waals surface area contributed by atoms with Crippen LogP contribution in [0, 0.1) is 17.0 Å². The minimum absolute atomic E-state index is 0.161. The van der Waals surface area contributed by atoms with Crippen molar-refractivity contribution in [3.8, 4) is 0 Å². The van der Waals surface area contributed by atoms with Gasteiger partial charge >= 0.3 is 5.97 Å². The predicted octanol–water partition coefficient (Wildman–Crippen LogP) is 1.08. The van der Waals surface area contributed by atoms with E-state index in [0.717, 1.165) is 5.56 Å². The van der Waals surface area contributed by atoms with E-state index in [0.29, 0.717) is 17.0 Å². The van der Waals surface area contributed by atoms with Gasteiger partial charge in [-0.05, 0) is 31.9 Å². The number of carbonyl (C=O) groups excluding carboxylic acids is 2. The molecule has 1 aromatic rings. The molecule has 0 spiro atoms. The molecule has 0 saturated carbocycles. The number of benzene rings is 1. The lowest BCUT2D eigenvalue weighted by molar-refractivity contribution is -0.769. The molecule has 182 valence electrons. The first-order valence-electron chi connectivity index (χ1n) is 10.7. The fourth-order valence-electron chi connectivity index (χ4n) is 5.02. The molecule has 0 aromatic heterocycles. The smallest absolute Gasteiger partial charge is 0.336 e. The highest BCUT2D eigenvalue weighted by molar-refractivity contribution is 6.08. The Morgan fingerprint density at radius 3 is 2.50 bits per heavy atom. The molecule has 5 atom stereocenters. The highest BCUT2D eigenvalue weighted by atomic mass is 17.0. The van der Waals surface area contributed by atoms with Crippen molar-refractivity contribution in [3.05, 3.63) is 68.0 Å². The van der Waals surface area contributed by atoms with Crippen LogP contribution >= 0.6 is 0 Å². The van der Waals surface area contributed by atoms with Crippen molar-refractivity contribution in [2.45, 2.75) is 50.6 Å². The van der Waals surface area contributed by atoms with Crippen LogP contribution in [0.25, 0.3) is 0 Å². The summed E-state index contributed by atoms with van der Waals surface area (Å²) in [5, 5.41) is 24.4. The zero-order chi connectivity index (χ0) is 24.8. The van der Waals surface area contributed by atoms with Gasteiger partial charge in [0.25, 0.3) is 5.09 Å². The average Bonchev–Trinajstić information content (AvgIpc) is 3.34. The topological polar surface area (TPSA) is 146 Å². The van der Waals surface area contributed by atoms with E-state index in [1.54, 1.807) is 19.9 Å². The monoisotopic (exact) mass is 474 g/mol. The van der Waals surface area contributed by atoms with E-state index in [1.807, 2.05) is 25.1 Å². The van der Waals surface area contributed by atoms with Gasteiger partial charge in [0.2, 0.25) is 0 Å². The lowest BCUT2D eigenvalue weighted by atomic mass is 9.73. The third-order valence-corrected chi connectivity index (χ3v) is 6.60. The Kier molecular flexibility index (Phi) is 6.19. The Labute approximate surface area is 195 Å². The van der Waals surface area contributed by atoms with Gasteiger partial charge in [-0.3, -0.25) is 4.79 Å². The normalized spacial score (nSPS) is 30.6. The van der Waals surface area contributed by atoms with Gasteiger partial charge in [0.05, 0.1) is 25.9 Å². The molecule has 34 heavy (non-hydrogen) atoms. The van der Waals surface area contributed by atoms with Gasteiger partial charge in [-0.25, -0.2) is 4.79 Å². The minimum Gasteiger partial charge on any atom is -0.466 e. The molecule has 3 heterocycles. The van der Waals surface area contributed by atoms with E-state index in [4.69, 9.17) is 14.2 Å². The molecule has 2 N–H and O–H groups in total. The second-order valence-electron chi connectivity index (χ2n) is 8.63. The number of hydrogen-bond acceptors (Lipinski definition) is 10. The summed E-state index contributed by atoms with van der Waals surface area (Å²) >= 11 is 0. The van der Waals surface area contributed by atoms with Crippen LogP contribution in [0.3, 0.4) is 0 Å². The van der Waals surface area contributed by atoms with Gasteiger partial charge in [0, 0.05) is 22.9 Å². The Balaban J connectivity index is 1.78. The lowest BCUT2D eigenvalue weighted by Gasteiger charge is -2.35. The lowest BCUT2D eigenvalue weighted by Crippen LogP contribution is -2.53. The predicted molar refractivity (Wildman–Crippen MR) is 116 cm³/mol. The molecule has 0 aliphatic carbocycles. The van der Waals surface area contributed by atoms with Crippen molar-refractivity contribution >= 4 is 11.8 Å². The molecule has 1 aromatic carbocycles. The van der Waals surface area contributed by atoms with Crippen molar-refractivity contribution < 1.29 is 38.8 Å². The van der Waals surface area contributed by atoms with Crippen molar-refractivity contribution in [2.24, 2.45) is 0 Å². The Morgan fingerprint density at radius 1 is 1.18 bits per heavy atom. The molecule has 3 aliphatic rings.